The van der Waals surface area contributed by atoms with E-state index in [1.54, 1.807) is 16.7 Å². The van der Waals surface area contributed by atoms with Crippen LogP contribution in [0, 0.1) is 0 Å². The van der Waals surface area contributed by atoms with Crippen molar-refractivity contribution in [3.8, 4) is 0 Å². The summed E-state index contributed by atoms with van der Waals surface area (Å²) >= 11 is 0. The molecule has 3 nitrogen and oxygen atoms in total. The van der Waals surface area contributed by atoms with Crippen molar-refractivity contribution >= 4 is 5.69 Å². The summed E-state index contributed by atoms with van der Waals surface area (Å²) in [5, 5.41) is 0. The van der Waals surface area contributed by atoms with E-state index in [2.05, 4.69) is 99.6 Å². The van der Waals surface area contributed by atoms with Crippen LogP contribution >= 0.6 is 0 Å². The fraction of sp³-hybridized carbons (Fsp3) is 0.636. The van der Waals surface area contributed by atoms with E-state index < -0.39 is 0 Å². The van der Waals surface area contributed by atoms with Gasteiger partial charge >= 0.3 is 0 Å². The van der Waals surface area contributed by atoms with Crippen LogP contribution in [0.5, 0.6) is 0 Å². The summed E-state index contributed by atoms with van der Waals surface area (Å²) in [6.07, 6.45) is 6.21. The Morgan fingerprint density at radius 2 is 1.61 bits per heavy atom. The Bertz CT molecular complexity index is 1080. The molecule has 5 rings (SSSR count). The Morgan fingerprint density at radius 1 is 0.861 bits per heavy atom. The van der Waals surface area contributed by atoms with Gasteiger partial charge in [-0.1, -0.05) is 37.3 Å². The number of rotatable bonds is 6. The first kappa shape index (κ1) is 25.8. The van der Waals surface area contributed by atoms with Crippen molar-refractivity contribution in [3.63, 3.8) is 0 Å². The average molecular weight is 488 g/mol. The van der Waals surface area contributed by atoms with E-state index in [-0.39, 0.29) is 11.1 Å². The molecule has 1 unspecified atom stereocenters. The molecule has 1 saturated heterocycles. The molecule has 0 radical (unpaired) electrons. The monoisotopic (exact) mass is 487 g/mol. The van der Waals surface area contributed by atoms with Gasteiger partial charge in [-0.15, -0.1) is 0 Å². The zero-order valence-corrected chi connectivity index (χ0v) is 24.0. The van der Waals surface area contributed by atoms with Crippen molar-refractivity contribution in [3.05, 3.63) is 64.2 Å². The van der Waals surface area contributed by atoms with Gasteiger partial charge in [-0.2, -0.15) is 0 Å². The minimum absolute atomic E-state index is 0.0645. The summed E-state index contributed by atoms with van der Waals surface area (Å²) in [4.78, 5) is 8.02. The third kappa shape index (κ3) is 4.74. The van der Waals surface area contributed by atoms with Gasteiger partial charge < -0.3 is 4.90 Å². The van der Waals surface area contributed by atoms with E-state index in [4.69, 9.17) is 0 Å². The highest BCUT2D eigenvalue weighted by Gasteiger charge is 2.34. The lowest BCUT2D eigenvalue weighted by Crippen LogP contribution is -2.42. The van der Waals surface area contributed by atoms with Gasteiger partial charge in [0.25, 0.3) is 0 Å². The smallest absolute Gasteiger partial charge is 0.0406 e. The van der Waals surface area contributed by atoms with E-state index in [9.17, 15) is 0 Å². The maximum Gasteiger partial charge on any atom is 0.0406 e. The lowest BCUT2D eigenvalue weighted by Gasteiger charge is -2.39. The van der Waals surface area contributed by atoms with Gasteiger partial charge in [-0.3, -0.25) is 9.80 Å². The molecule has 2 aromatic carbocycles. The number of fused-ring (bicyclic) bond motifs is 2. The second kappa shape index (κ2) is 9.80. The number of nitrogens with zero attached hydrogens (tertiary/aromatic N) is 3. The van der Waals surface area contributed by atoms with Crippen molar-refractivity contribution in [2.24, 2.45) is 0 Å². The summed E-state index contributed by atoms with van der Waals surface area (Å²) in [6.45, 7) is 22.4. The minimum Gasteiger partial charge on any atom is -0.366 e. The van der Waals surface area contributed by atoms with Crippen molar-refractivity contribution in [1.29, 1.82) is 0 Å². The van der Waals surface area contributed by atoms with Crippen LogP contribution in [0.15, 0.2) is 36.4 Å². The molecule has 0 N–H and O–H groups in total. The Hall–Kier alpha value is -1.84. The molecule has 36 heavy (non-hydrogen) atoms. The largest absolute Gasteiger partial charge is 0.366 e. The number of anilines is 1. The molecular formula is C33H49N3. The van der Waals surface area contributed by atoms with Crippen LogP contribution < -0.4 is 4.90 Å². The van der Waals surface area contributed by atoms with E-state index in [0.29, 0.717) is 12.0 Å². The standard InChI is InChI=1S/C33H49N3/c1-8-32(4,5)36-19-16-26-11-12-27(21-31(26)36)25-10-9-17-35(18-15-25)33(6,7)30-14-13-28-22-34(24(2)3)23-29(28)20-30/h11-14,20-21,24-25H,8-10,15-19,22-23H2,1-7H3. The van der Waals surface area contributed by atoms with Crippen molar-refractivity contribution in [1.82, 2.24) is 9.80 Å². The molecule has 3 aliphatic rings. The Kier molecular flexibility index (Phi) is 7.02. The van der Waals surface area contributed by atoms with E-state index in [0.717, 1.165) is 13.1 Å². The third-order valence-corrected chi connectivity index (χ3v) is 9.98. The van der Waals surface area contributed by atoms with Crippen molar-refractivity contribution in [2.45, 2.75) is 117 Å². The van der Waals surface area contributed by atoms with E-state index in [1.807, 2.05) is 0 Å². The van der Waals surface area contributed by atoms with Gasteiger partial charge in [0.1, 0.15) is 0 Å². The maximum atomic E-state index is 2.77. The minimum atomic E-state index is 0.0645. The number of hydrogen-bond acceptors (Lipinski definition) is 3. The first-order valence-corrected chi connectivity index (χ1v) is 14.6. The quantitative estimate of drug-likeness (QED) is 0.418. The van der Waals surface area contributed by atoms with Gasteiger partial charge in [0.2, 0.25) is 0 Å². The summed E-state index contributed by atoms with van der Waals surface area (Å²) in [5.74, 6) is 0.669. The topological polar surface area (TPSA) is 9.72 Å². The zero-order valence-electron chi connectivity index (χ0n) is 24.0. The van der Waals surface area contributed by atoms with Gasteiger partial charge in [0.15, 0.2) is 0 Å². The summed E-state index contributed by atoms with van der Waals surface area (Å²) in [7, 11) is 0. The molecule has 3 aliphatic heterocycles. The predicted octanol–water partition coefficient (Wildman–Crippen LogP) is 7.47. The van der Waals surface area contributed by atoms with Crippen LogP contribution in [-0.4, -0.2) is 41.0 Å². The molecular weight excluding hydrogens is 438 g/mol. The number of hydrogen-bond donors (Lipinski definition) is 0. The molecule has 0 saturated carbocycles. The Morgan fingerprint density at radius 3 is 2.36 bits per heavy atom. The second-order valence-electron chi connectivity index (χ2n) is 13.1. The molecule has 196 valence electrons. The molecule has 0 aromatic heterocycles. The molecule has 0 bridgehead atoms. The highest BCUT2D eigenvalue weighted by atomic mass is 15.2. The summed E-state index contributed by atoms with van der Waals surface area (Å²) in [6, 6.07) is 15.4. The van der Waals surface area contributed by atoms with Crippen LogP contribution in [0.4, 0.5) is 5.69 Å². The fourth-order valence-electron chi connectivity index (χ4n) is 6.81. The SMILES string of the molecule is CCC(C)(C)N1CCc2ccc(C3CCCN(C(C)(C)c4ccc5c(c4)CN(C(C)C)C5)CC3)cc21. The molecule has 1 fully saturated rings. The molecule has 0 aliphatic carbocycles. The molecule has 2 aromatic rings. The summed E-state index contributed by atoms with van der Waals surface area (Å²) < 4.78 is 0. The summed E-state index contributed by atoms with van der Waals surface area (Å²) in [5.41, 5.74) is 9.47. The van der Waals surface area contributed by atoms with Crippen LogP contribution in [-0.2, 0) is 25.0 Å². The van der Waals surface area contributed by atoms with Crippen molar-refractivity contribution in [2.75, 3.05) is 24.5 Å². The average Bonchev–Trinajstić information content (AvgIpc) is 3.40. The molecule has 0 spiro atoms. The maximum absolute atomic E-state index is 2.77. The van der Waals surface area contributed by atoms with E-state index >= 15 is 0 Å². The van der Waals surface area contributed by atoms with Crippen LogP contribution in [0.2, 0.25) is 0 Å². The first-order valence-electron chi connectivity index (χ1n) is 14.6. The highest BCUT2D eigenvalue weighted by molar-refractivity contribution is 5.61. The second-order valence-corrected chi connectivity index (χ2v) is 13.1. The van der Waals surface area contributed by atoms with Gasteiger partial charge in [-0.25, -0.2) is 0 Å². The normalized spacial score (nSPS) is 21.7. The number of benzene rings is 2. The lowest BCUT2D eigenvalue weighted by atomic mass is 9.89. The van der Waals surface area contributed by atoms with Gasteiger partial charge in [-0.05, 0) is 127 Å². The number of likely N-dealkylation sites (tertiary alicyclic amines) is 1. The Balaban J connectivity index is 1.30. The molecule has 3 heterocycles. The van der Waals surface area contributed by atoms with Crippen LogP contribution in [0.1, 0.15) is 108 Å². The first-order chi connectivity index (χ1) is 17.1. The fourth-order valence-corrected chi connectivity index (χ4v) is 6.81. The lowest BCUT2D eigenvalue weighted by molar-refractivity contribution is 0.124. The molecule has 1 atom stereocenters. The predicted molar refractivity (Wildman–Crippen MR) is 154 cm³/mol. The third-order valence-electron chi connectivity index (χ3n) is 9.98. The Labute approximate surface area is 220 Å². The molecule has 3 heteroatoms. The van der Waals surface area contributed by atoms with Gasteiger partial charge in [0.05, 0.1) is 0 Å². The van der Waals surface area contributed by atoms with Gasteiger partial charge in [0, 0.05) is 42.4 Å². The van der Waals surface area contributed by atoms with Crippen molar-refractivity contribution < 1.29 is 0 Å². The zero-order chi connectivity index (χ0) is 25.7. The van der Waals surface area contributed by atoms with Crippen LogP contribution in [0.3, 0.4) is 0 Å². The highest BCUT2D eigenvalue weighted by Crippen LogP contribution is 2.40. The van der Waals surface area contributed by atoms with Crippen LogP contribution in [0.25, 0.3) is 0 Å². The van der Waals surface area contributed by atoms with E-state index in [1.165, 1.54) is 68.6 Å². The molecule has 0 amide bonds.